The lowest BCUT2D eigenvalue weighted by Gasteiger charge is -2.38. The highest BCUT2D eigenvalue weighted by atomic mass is 35.5. The van der Waals surface area contributed by atoms with E-state index in [9.17, 15) is 0 Å². The second-order valence-corrected chi connectivity index (χ2v) is 7.62. The maximum Gasteiger partial charge on any atom is 0.189 e. The molecule has 2 aliphatic heterocycles. The normalized spacial score (nSPS) is 26.3. The smallest absolute Gasteiger partial charge is 0.189 e. The van der Waals surface area contributed by atoms with Crippen LogP contribution in [0, 0.1) is 0 Å². The first-order chi connectivity index (χ1) is 14.0. The molecule has 0 aliphatic carbocycles. The standard InChI is InChI=1S/C22H23ClN4O2/c1-14-20(16-5-4-6-17(23)13-16)25-21(27-29-14)19-8-7-18(22(2,26-19)28-3)15-9-11-24-12-10-15/h4-14,20,26H,1-3H3,(H,25,27). The van der Waals surface area contributed by atoms with E-state index in [0.717, 1.165) is 22.4 Å². The third-order valence-corrected chi connectivity index (χ3v) is 5.47. The van der Waals surface area contributed by atoms with Gasteiger partial charge in [0.05, 0.1) is 11.7 Å². The second kappa shape index (κ2) is 7.89. The van der Waals surface area contributed by atoms with Crippen molar-refractivity contribution >= 4 is 23.0 Å². The summed E-state index contributed by atoms with van der Waals surface area (Å²) in [6.45, 7) is 3.95. The van der Waals surface area contributed by atoms with Gasteiger partial charge in [-0.1, -0.05) is 35.0 Å². The van der Waals surface area contributed by atoms with Gasteiger partial charge in [-0.3, -0.25) is 4.98 Å². The van der Waals surface area contributed by atoms with E-state index < -0.39 is 5.72 Å². The summed E-state index contributed by atoms with van der Waals surface area (Å²) in [5.74, 6) is 0.612. The molecule has 1 aromatic carbocycles. The van der Waals surface area contributed by atoms with Crippen LogP contribution in [-0.2, 0) is 9.57 Å². The molecule has 150 valence electrons. The van der Waals surface area contributed by atoms with Gasteiger partial charge in [0.15, 0.2) is 11.6 Å². The quantitative estimate of drug-likeness (QED) is 0.796. The molecule has 7 heteroatoms. The van der Waals surface area contributed by atoms with Crippen molar-refractivity contribution in [2.75, 3.05) is 7.11 Å². The Balaban J connectivity index is 1.64. The van der Waals surface area contributed by atoms with Gasteiger partial charge in [0.2, 0.25) is 0 Å². The lowest BCUT2D eigenvalue weighted by molar-refractivity contribution is 0.0284. The second-order valence-electron chi connectivity index (χ2n) is 7.19. The highest BCUT2D eigenvalue weighted by molar-refractivity contribution is 6.30. The fourth-order valence-electron chi connectivity index (χ4n) is 3.56. The van der Waals surface area contributed by atoms with Crippen LogP contribution in [0.5, 0.6) is 0 Å². The summed E-state index contributed by atoms with van der Waals surface area (Å²) in [5.41, 5.74) is 3.13. The molecule has 3 heterocycles. The van der Waals surface area contributed by atoms with E-state index in [-0.39, 0.29) is 12.1 Å². The Morgan fingerprint density at radius 2 is 1.97 bits per heavy atom. The number of halogens is 1. The number of nitrogens with zero attached hydrogens (tertiary/aromatic N) is 2. The average molecular weight is 411 g/mol. The zero-order chi connectivity index (χ0) is 20.4. The maximum absolute atomic E-state index is 6.18. The molecule has 3 atom stereocenters. The minimum Gasteiger partial charge on any atom is -0.388 e. The molecule has 0 fully saturated rings. The fraction of sp³-hybridized carbons (Fsp3) is 0.273. The summed E-state index contributed by atoms with van der Waals surface area (Å²) < 4.78 is 5.83. The van der Waals surface area contributed by atoms with Gasteiger partial charge in [-0.2, -0.15) is 0 Å². The summed E-state index contributed by atoms with van der Waals surface area (Å²) in [4.78, 5) is 9.79. The summed E-state index contributed by atoms with van der Waals surface area (Å²) in [6.07, 6.45) is 7.39. The van der Waals surface area contributed by atoms with Crippen molar-refractivity contribution in [3.8, 4) is 0 Å². The third kappa shape index (κ3) is 3.86. The van der Waals surface area contributed by atoms with Gasteiger partial charge in [0.25, 0.3) is 0 Å². The number of methoxy groups -OCH3 is 1. The monoisotopic (exact) mass is 410 g/mol. The highest BCUT2D eigenvalue weighted by Crippen LogP contribution is 2.33. The van der Waals surface area contributed by atoms with Gasteiger partial charge >= 0.3 is 0 Å². The highest BCUT2D eigenvalue weighted by Gasteiger charge is 2.36. The van der Waals surface area contributed by atoms with Gasteiger partial charge in [-0.05, 0) is 55.3 Å². The molecule has 2 aromatic rings. The minimum atomic E-state index is -0.732. The van der Waals surface area contributed by atoms with Gasteiger partial charge in [0.1, 0.15) is 6.10 Å². The maximum atomic E-state index is 6.18. The van der Waals surface area contributed by atoms with Crippen molar-refractivity contribution in [1.29, 1.82) is 0 Å². The molecule has 1 aromatic heterocycles. The molecule has 0 bridgehead atoms. The topological polar surface area (TPSA) is 67.8 Å². The summed E-state index contributed by atoms with van der Waals surface area (Å²) in [6, 6.07) is 11.6. The van der Waals surface area contributed by atoms with Crippen molar-refractivity contribution in [1.82, 2.24) is 15.6 Å². The SMILES string of the molecule is COC1(C)NC(C2=NOC(C)C(c3cccc(Cl)c3)N2)=CC=C1c1ccncc1. The first-order valence-corrected chi connectivity index (χ1v) is 9.80. The van der Waals surface area contributed by atoms with Crippen molar-refractivity contribution < 1.29 is 9.57 Å². The number of dihydropyridines is 1. The lowest BCUT2D eigenvalue weighted by atomic mass is 9.93. The van der Waals surface area contributed by atoms with Gasteiger partial charge < -0.3 is 20.2 Å². The van der Waals surface area contributed by atoms with Crippen LogP contribution in [0.25, 0.3) is 5.57 Å². The number of allylic oxidation sites excluding steroid dienone is 2. The predicted octanol–water partition coefficient (Wildman–Crippen LogP) is 4.03. The largest absolute Gasteiger partial charge is 0.388 e. The number of hydrogen-bond donors (Lipinski definition) is 2. The Bertz CT molecular complexity index is 989. The van der Waals surface area contributed by atoms with Crippen LogP contribution in [-0.4, -0.2) is 29.8 Å². The van der Waals surface area contributed by atoms with E-state index >= 15 is 0 Å². The number of oxime groups is 1. The van der Waals surface area contributed by atoms with Crippen LogP contribution in [0.2, 0.25) is 5.02 Å². The molecule has 0 radical (unpaired) electrons. The molecule has 0 saturated heterocycles. The fourth-order valence-corrected chi connectivity index (χ4v) is 3.76. The van der Waals surface area contributed by atoms with Crippen LogP contribution in [0.3, 0.4) is 0 Å². The average Bonchev–Trinajstić information content (AvgIpc) is 2.74. The van der Waals surface area contributed by atoms with Gasteiger partial charge in [-0.15, -0.1) is 0 Å². The van der Waals surface area contributed by atoms with E-state index in [4.69, 9.17) is 21.2 Å². The first-order valence-electron chi connectivity index (χ1n) is 9.42. The minimum absolute atomic E-state index is 0.0803. The molecule has 2 N–H and O–H groups in total. The van der Waals surface area contributed by atoms with Crippen LogP contribution in [0.1, 0.15) is 31.0 Å². The van der Waals surface area contributed by atoms with E-state index in [0.29, 0.717) is 10.9 Å². The van der Waals surface area contributed by atoms with Crippen LogP contribution >= 0.6 is 11.6 Å². The number of aromatic nitrogens is 1. The molecular formula is C22H23ClN4O2. The van der Waals surface area contributed by atoms with E-state index in [1.807, 2.05) is 62.4 Å². The Morgan fingerprint density at radius 1 is 1.17 bits per heavy atom. The summed E-state index contributed by atoms with van der Waals surface area (Å²) in [7, 11) is 1.68. The van der Waals surface area contributed by atoms with Crippen LogP contribution < -0.4 is 10.6 Å². The molecule has 3 unspecified atom stereocenters. The summed E-state index contributed by atoms with van der Waals surface area (Å²) >= 11 is 6.18. The summed E-state index contributed by atoms with van der Waals surface area (Å²) in [5, 5.41) is 11.9. The third-order valence-electron chi connectivity index (χ3n) is 5.24. The number of ether oxygens (including phenoxy) is 1. The Labute approximate surface area is 175 Å². The molecule has 0 spiro atoms. The van der Waals surface area contributed by atoms with E-state index in [1.165, 1.54) is 0 Å². The molecule has 4 rings (SSSR count). The molecule has 2 aliphatic rings. The van der Waals surface area contributed by atoms with Crippen LogP contribution in [0.4, 0.5) is 0 Å². The number of hydrogen-bond acceptors (Lipinski definition) is 6. The number of nitrogens with one attached hydrogen (secondary N) is 2. The Kier molecular flexibility index (Phi) is 5.30. The van der Waals surface area contributed by atoms with Crippen molar-refractivity contribution in [2.24, 2.45) is 5.16 Å². The zero-order valence-corrected chi connectivity index (χ0v) is 17.3. The Hall–Kier alpha value is -2.83. The number of amidine groups is 1. The van der Waals surface area contributed by atoms with Gasteiger partial charge in [0, 0.05) is 30.1 Å². The van der Waals surface area contributed by atoms with Crippen molar-refractivity contribution in [2.45, 2.75) is 31.7 Å². The lowest BCUT2D eigenvalue weighted by Crippen LogP contribution is -2.51. The van der Waals surface area contributed by atoms with Gasteiger partial charge in [-0.25, -0.2) is 0 Å². The molecular weight excluding hydrogens is 388 g/mol. The first kappa shape index (κ1) is 19.5. The van der Waals surface area contributed by atoms with Crippen LogP contribution in [0.15, 0.2) is 71.8 Å². The predicted molar refractivity (Wildman–Crippen MR) is 114 cm³/mol. The molecule has 29 heavy (non-hydrogen) atoms. The van der Waals surface area contributed by atoms with Crippen molar-refractivity contribution in [3.05, 3.63) is 82.8 Å². The molecule has 0 saturated carbocycles. The zero-order valence-electron chi connectivity index (χ0n) is 16.5. The Morgan fingerprint density at radius 3 is 2.69 bits per heavy atom. The van der Waals surface area contributed by atoms with Crippen molar-refractivity contribution in [3.63, 3.8) is 0 Å². The molecule has 6 nitrogen and oxygen atoms in total. The number of pyridine rings is 1. The van der Waals surface area contributed by atoms with E-state index in [1.54, 1.807) is 19.5 Å². The number of benzene rings is 1. The van der Waals surface area contributed by atoms with E-state index in [2.05, 4.69) is 20.8 Å². The number of rotatable bonds is 4. The molecule has 0 amide bonds.